The second-order valence-electron chi connectivity index (χ2n) is 5.86. The van der Waals surface area contributed by atoms with Crippen molar-refractivity contribution in [1.82, 2.24) is 5.32 Å². The zero-order chi connectivity index (χ0) is 18.1. The van der Waals surface area contributed by atoms with Crippen molar-refractivity contribution in [3.8, 4) is 0 Å². The Morgan fingerprint density at radius 2 is 1.72 bits per heavy atom. The van der Waals surface area contributed by atoms with Crippen LogP contribution in [-0.4, -0.2) is 18.4 Å². The zero-order valence-corrected chi connectivity index (χ0v) is 15.9. The number of hydrogen-bond acceptors (Lipinski definition) is 2. The van der Waals surface area contributed by atoms with Crippen molar-refractivity contribution in [2.24, 2.45) is 0 Å². The lowest BCUT2D eigenvalue weighted by Crippen LogP contribution is -2.33. The normalized spacial score (nSPS) is 10.3. The van der Waals surface area contributed by atoms with Gasteiger partial charge in [-0.1, -0.05) is 44.0 Å². The number of aryl methyl sites for hydroxylation is 1. The summed E-state index contributed by atoms with van der Waals surface area (Å²) in [5.74, 6) is -0.534. The Bertz CT molecular complexity index is 714. The summed E-state index contributed by atoms with van der Waals surface area (Å²) in [5, 5.41) is 5.42. The van der Waals surface area contributed by atoms with Crippen molar-refractivity contribution in [1.29, 1.82) is 0 Å². The number of carbonyl (C=O) groups is 2. The second-order valence-corrected chi connectivity index (χ2v) is 6.72. The SMILES string of the molecule is CCCCCc1ccc(NC(=O)CNC(=O)c2ccccc2Br)cc1. The number of hydrogen-bond donors (Lipinski definition) is 2. The van der Waals surface area contributed by atoms with Gasteiger partial charge in [-0.2, -0.15) is 0 Å². The molecule has 0 bridgehead atoms. The van der Waals surface area contributed by atoms with Crippen LogP contribution in [0.3, 0.4) is 0 Å². The van der Waals surface area contributed by atoms with E-state index in [2.05, 4.69) is 33.5 Å². The maximum absolute atomic E-state index is 12.1. The van der Waals surface area contributed by atoms with Crippen LogP contribution in [0.2, 0.25) is 0 Å². The van der Waals surface area contributed by atoms with E-state index in [1.165, 1.54) is 24.8 Å². The number of anilines is 1. The molecule has 0 fully saturated rings. The molecule has 0 saturated carbocycles. The average Bonchev–Trinajstić information content (AvgIpc) is 2.62. The minimum absolute atomic E-state index is 0.0710. The van der Waals surface area contributed by atoms with Crippen LogP contribution in [0.25, 0.3) is 0 Å². The van der Waals surface area contributed by atoms with E-state index in [0.29, 0.717) is 10.0 Å². The van der Waals surface area contributed by atoms with Crippen LogP contribution in [0.5, 0.6) is 0 Å². The Morgan fingerprint density at radius 3 is 2.40 bits per heavy atom. The molecular weight excluding hydrogens is 380 g/mol. The van der Waals surface area contributed by atoms with Crippen LogP contribution < -0.4 is 10.6 Å². The molecule has 0 aliphatic carbocycles. The number of amides is 2. The van der Waals surface area contributed by atoms with Crippen LogP contribution in [0.4, 0.5) is 5.69 Å². The third kappa shape index (κ3) is 6.35. The largest absolute Gasteiger partial charge is 0.343 e. The minimum atomic E-state index is -0.283. The number of rotatable bonds is 8. The quantitative estimate of drug-likeness (QED) is 0.636. The molecule has 0 aromatic heterocycles. The lowest BCUT2D eigenvalue weighted by molar-refractivity contribution is -0.115. The number of benzene rings is 2. The molecule has 0 radical (unpaired) electrons. The molecule has 4 nitrogen and oxygen atoms in total. The Hall–Kier alpha value is -2.14. The summed E-state index contributed by atoms with van der Waals surface area (Å²) >= 11 is 3.33. The van der Waals surface area contributed by atoms with E-state index < -0.39 is 0 Å². The van der Waals surface area contributed by atoms with Crippen LogP contribution in [0.1, 0.15) is 42.1 Å². The predicted octanol–water partition coefficient (Wildman–Crippen LogP) is 4.55. The van der Waals surface area contributed by atoms with E-state index in [-0.39, 0.29) is 18.4 Å². The summed E-state index contributed by atoms with van der Waals surface area (Å²) in [6, 6.07) is 15.0. The summed E-state index contributed by atoms with van der Waals surface area (Å²) in [5.41, 5.74) is 2.51. The lowest BCUT2D eigenvalue weighted by atomic mass is 10.1. The van der Waals surface area contributed by atoms with Gasteiger partial charge in [-0.25, -0.2) is 0 Å². The van der Waals surface area contributed by atoms with Gasteiger partial charge in [0.15, 0.2) is 0 Å². The Kier molecular flexibility index (Phi) is 7.67. The van der Waals surface area contributed by atoms with E-state index in [0.717, 1.165) is 12.1 Å². The average molecular weight is 403 g/mol. The standard InChI is InChI=1S/C20H23BrN2O2/c1-2-3-4-7-15-10-12-16(13-11-15)23-19(24)14-22-20(25)17-8-5-6-9-18(17)21/h5-6,8-13H,2-4,7,14H2,1H3,(H,22,25)(H,23,24). The molecule has 0 saturated heterocycles. The van der Waals surface area contributed by atoms with Crippen LogP contribution in [0, 0.1) is 0 Å². The van der Waals surface area contributed by atoms with Gasteiger partial charge in [-0.05, 0) is 58.6 Å². The Balaban J connectivity index is 1.80. The molecule has 2 amide bonds. The van der Waals surface area contributed by atoms with Gasteiger partial charge in [-0.3, -0.25) is 9.59 Å². The molecule has 0 spiro atoms. The maximum Gasteiger partial charge on any atom is 0.252 e. The summed E-state index contributed by atoms with van der Waals surface area (Å²) in [6.45, 7) is 2.12. The van der Waals surface area contributed by atoms with Crippen LogP contribution in [0.15, 0.2) is 53.0 Å². The molecule has 5 heteroatoms. The number of nitrogens with one attached hydrogen (secondary N) is 2. The van der Waals surface area contributed by atoms with Gasteiger partial charge in [0, 0.05) is 10.2 Å². The van der Waals surface area contributed by atoms with Crippen molar-refractivity contribution in [3.63, 3.8) is 0 Å². The fraction of sp³-hybridized carbons (Fsp3) is 0.300. The molecule has 0 aliphatic heterocycles. The van der Waals surface area contributed by atoms with E-state index >= 15 is 0 Å². The fourth-order valence-corrected chi connectivity index (χ4v) is 2.91. The highest BCUT2D eigenvalue weighted by molar-refractivity contribution is 9.10. The van der Waals surface area contributed by atoms with Crippen molar-refractivity contribution < 1.29 is 9.59 Å². The molecule has 0 unspecified atom stereocenters. The van der Waals surface area contributed by atoms with Gasteiger partial charge in [0.1, 0.15) is 0 Å². The summed E-state index contributed by atoms with van der Waals surface area (Å²) in [6.07, 6.45) is 4.68. The fourth-order valence-electron chi connectivity index (χ4n) is 2.44. The van der Waals surface area contributed by atoms with Crippen LogP contribution >= 0.6 is 15.9 Å². The predicted molar refractivity (Wildman–Crippen MR) is 105 cm³/mol. The summed E-state index contributed by atoms with van der Waals surface area (Å²) < 4.78 is 0.701. The Morgan fingerprint density at radius 1 is 1.00 bits per heavy atom. The molecule has 2 aromatic rings. The summed E-state index contributed by atoms with van der Waals surface area (Å²) in [7, 11) is 0. The maximum atomic E-state index is 12.1. The highest BCUT2D eigenvalue weighted by Gasteiger charge is 2.10. The number of unbranched alkanes of at least 4 members (excludes halogenated alkanes) is 2. The molecular formula is C20H23BrN2O2. The van der Waals surface area contributed by atoms with Gasteiger partial charge in [0.25, 0.3) is 5.91 Å². The molecule has 0 heterocycles. The third-order valence-electron chi connectivity index (χ3n) is 3.83. The van der Waals surface area contributed by atoms with Gasteiger partial charge in [0.2, 0.25) is 5.91 Å². The first-order valence-corrected chi connectivity index (χ1v) is 9.31. The van der Waals surface area contributed by atoms with E-state index in [9.17, 15) is 9.59 Å². The first kappa shape index (κ1) is 19.2. The van der Waals surface area contributed by atoms with Crippen molar-refractivity contribution in [2.45, 2.75) is 32.6 Å². The highest BCUT2D eigenvalue weighted by atomic mass is 79.9. The lowest BCUT2D eigenvalue weighted by Gasteiger charge is -2.09. The minimum Gasteiger partial charge on any atom is -0.343 e. The number of halogens is 1. The van der Waals surface area contributed by atoms with Crippen molar-refractivity contribution in [3.05, 3.63) is 64.1 Å². The first-order valence-electron chi connectivity index (χ1n) is 8.51. The Labute approximate surface area is 157 Å². The topological polar surface area (TPSA) is 58.2 Å². The van der Waals surface area contributed by atoms with Gasteiger partial charge < -0.3 is 10.6 Å². The highest BCUT2D eigenvalue weighted by Crippen LogP contribution is 2.15. The van der Waals surface area contributed by atoms with Crippen LogP contribution in [-0.2, 0) is 11.2 Å². The van der Waals surface area contributed by atoms with Crippen molar-refractivity contribution in [2.75, 3.05) is 11.9 Å². The smallest absolute Gasteiger partial charge is 0.252 e. The molecule has 0 aliphatic rings. The van der Waals surface area contributed by atoms with E-state index in [1.54, 1.807) is 18.2 Å². The molecule has 25 heavy (non-hydrogen) atoms. The molecule has 2 aromatic carbocycles. The third-order valence-corrected chi connectivity index (χ3v) is 4.53. The molecule has 2 N–H and O–H groups in total. The summed E-state index contributed by atoms with van der Waals surface area (Å²) in [4.78, 5) is 24.1. The molecule has 0 atom stereocenters. The van der Waals surface area contributed by atoms with Gasteiger partial charge in [0.05, 0.1) is 12.1 Å². The molecule has 2 rings (SSSR count). The van der Waals surface area contributed by atoms with E-state index in [1.807, 2.05) is 30.3 Å². The first-order chi connectivity index (χ1) is 12.1. The van der Waals surface area contributed by atoms with Gasteiger partial charge in [-0.15, -0.1) is 0 Å². The van der Waals surface area contributed by atoms with E-state index in [4.69, 9.17) is 0 Å². The second kappa shape index (κ2) is 9.99. The number of carbonyl (C=O) groups excluding carboxylic acids is 2. The van der Waals surface area contributed by atoms with Gasteiger partial charge >= 0.3 is 0 Å². The zero-order valence-electron chi connectivity index (χ0n) is 14.3. The van der Waals surface area contributed by atoms with Crippen molar-refractivity contribution >= 4 is 33.4 Å². The molecule has 132 valence electrons. The monoisotopic (exact) mass is 402 g/mol.